The van der Waals surface area contributed by atoms with Crippen LogP contribution in [-0.2, 0) is 9.59 Å². The summed E-state index contributed by atoms with van der Waals surface area (Å²) in [6.07, 6.45) is 5.77. The predicted octanol–water partition coefficient (Wildman–Crippen LogP) is 2.66. The van der Waals surface area contributed by atoms with Crippen LogP contribution in [0.5, 0.6) is 0 Å². The number of aromatic nitrogens is 2. The molecule has 6 nitrogen and oxygen atoms in total. The molecule has 7 heteroatoms. The minimum atomic E-state index is 0.110. The number of carbonyl (C=O) groups excluding carboxylic acids is 2. The van der Waals surface area contributed by atoms with Gasteiger partial charge in [0, 0.05) is 44.5 Å². The number of rotatable bonds is 5. The van der Waals surface area contributed by atoms with Crippen LogP contribution in [0, 0.1) is 19.8 Å². The van der Waals surface area contributed by atoms with Gasteiger partial charge in [-0.2, -0.15) is 0 Å². The summed E-state index contributed by atoms with van der Waals surface area (Å²) in [6.45, 7) is 6.77. The molecule has 1 aromatic heterocycles. The summed E-state index contributed by atoms with van der Waals surface area (Å²) in [5.74, 6) is 0.996. The van der Waals surface area contributed by atoms with Gasteiger partial charge < -0.3 is 9.80 Å². The highest BCUT2D eigenvalue weighted by Crippen LogP contribution is 2.31. The average Bonchev–Trinajstić information content (AvgIpc) is 3.46. The quantitative estimate of drug-likeness (QED) is 0.727. The van der Waals surface area contributed by atoms with Crippen LogP contribution in [-0.4, -0.2) is 63.1 Å². The van der Waals surface area contributed by atoms with E-state index in [9.17, 15) is 9.59 Å². The molecule has 0 radical (unpaired) electrons. The van der Waals surface area contributed by atoms with Gasteiger partial charge in [-0.25, -0.2) is 4.98 Å². The third-order valence-corrected chi connectivity index (χ3v) is 6.59. The molecule has 0 spiro atoms. The summed E-state index contributed by atoms with van der Waals surface area (Å²) in [5, 5.41) is 0.824. The van der Waals surface area contributed by atoms with Crippen molar-refractivity contribution in [3.8, 4) is 5.69 Å². The van der Waals surface area contributed by atoms with Crippen molar-refractivity contribution in [2.24, 2.45) is 5.92 Å². The van der Waals surface area contributed by atoms with Crippen LogP contribution in [0.3, 0.4) is 0 Å². The second-order valence-electron chi connectivity index (χ2n) is 7.57. The number of carbonyl (C=O) groups is 2. The Hall–Kier alpha value is -2.28. The largest absolute Gasteiger partial charge is 0.339 e. The monoisotopic (exact) mass is 398 g/mol. The van der Waals surface area contributed by atoms with Crippen molar-refractivity contribution in [2.45, 2.75) is 31.8 Å². The average molecular weight is 399 g/mol. The Morgan fingerprint density at radius 3 is 2.54 bits per heavy atom. The second-order valence-corrected chi connectivity index (χ2v) is 8.51. The van der Waals surface area contributed by atoms with E-state index in [2.05, 4.69) is 31.0 Å². The third-order valence-electron chi connectivity index (χ3n) is 5.64. The van der Waals surface area contributed by atoms with Crippen molar-refractivity contribution in [2.75, 3.05) is 31.9 Å². The van der Waals surface area contributed by atoms with Gasteiger partial charge in [-0.15, -0.1) is 0 Å². The Morgan fingerprint density at radius 1 is 1.11 bits per heavy atom. The lowest BCUT2D eigenvalue weighted by Gasteiger charge is -2.34. The summed E-state index contributed by atoms with van der Waals surface area (Å²) >= 11 is 1.47. The van der Waals surface area contributed by atoms with Crippen LogP contribution in [0.15, 0.2) is 35.7 Å². The van der Waals surface area contributed by atoms with Gasteiger partial charge in [-0.1, -0.05) is 23.9 Å². The normalized spacial score (nSPS) is 17.1. The molecule has 1 aliphatic heterocycles. The van der Waals surface area contributed by atoms with E-state index in [4.69, 9.17) is 0 Å². The maximum absolute atomic E-state index is 12.6. The number of amides is 2. The number of aryl methyl sites for hydroxylation is 1. The minimum absolute atomic E-state index is 0.110. The lowest BCUT2D eigenvalue weighted by Crippen LogP contribution is -2.51. The minimum Gasteiger partial charge on any atom is -0.339 e. The van der Waals surface area contributed by atoms with Gasteiger partial charge in [0.2, 0.25) is 11.8 Å². The van der Waals surface area contributed by atoms with Gasteiger partial charge in [0.1, 0.15) is 0 Å². The van der Waals surface area contributed by atoms with Crippen LogP contribution < -0.4 is 0 Å². The fourth-order valence-electron chi connectivity index (χ4n) is 3.56. The van der Waals surface area contributed by atoms with E-state index in [1.165, 1.54) is 22.9 Å². The first-order chi connectivity index (χ1) is 13.5. The van der Waals surface area contributed by atoms with Gasteiger partial charge in [0.25, 0.3) is 0 Å². The zero-order chi connectivity index (χ0) is 19.7. The summed E-state index contributed by atoms with van der Waals surface area (Å²) in [7, 11) is 0. The van der Waals surface area contributed by atoms with Crippen molar-refractivity contribution < 1.29 is 9.59 Å². The maximum atomic E-state index is 12.6. The summed E-state index contributed by atoms with van der Waals surface area (Å²) in [6, 6.07) is 6.21. The second kappa shape index (κ2) is 7.99. The Morgan fingerprint density at radius 2 is 1.82 bits per heavy atom. The molecule has 1 aromatic carbocycles. The molecule has 2 amide bonds. The van der Waals surface area contributed by atoms with E-state index >= 15 is 0 Å². The van der Waals surface area contributed by atoms with E-state index in [0.29, 0.717) is 31.9 Å². The molecule has 2 heterocycles. The van der Waals surface area contributed by atoms with Gasteiger partial charge in [0.15, 0.2) is 5.16 Å². The molecule has 0 bridgehead atoms. The molecule has 1 saturated carbocycles. The van der Waals surface area contributed by atoms with Crippen molar-refractivity contribution in [3.05, 3.63) is 41.7 Å². The molecule has 2 aromatic rings. The molecular weight excluding hydrogens is 372 g/mol. The lowest BCUT2D eigenvalue weighted by atomic mass is 10.1. The van der Waals surface area contributed by atoms with Crippen molar-refractivity contribution >= 4 is 23.6 Å². The number of benzene rings is 1. The van der Waals surface area contributed by atoms with Gasteiger partial charge in [-0.05, 0) is 43.9 Å². The van der Waals surface area contributed by atoms with Crippen molar-refractivity contribution in [1.82, 2.24) is 19.4 Å². The van der Waals surface area contributed by atoms with Crippen LogP contribution in [0.4, 0.5) is 0 Å². The van der Waals surface area contributed by atoms with Crippen LogP contribution in [0.1, 0.15) is 24.0 Å². The first kappa shape index (κ1) is 19.1. The standard InChI is InChI=1S/C21H26N4O2S/c1-15-4-3-5-18(16(15)2)25-9-8-22-21(25)28-14-19(26)23-10-12-24(13-11-23)20(27)17-6-7-17/h3-5,8-9,17H,6-7,10-14H2,1-2H3. The van der Waals surface area contributed by atoms with Gasteiger partial charge in [0.05, 0.1) is 11.4 Å². The van der Waals surface area contributed by atoms with Crippen LogP contribution in [0.2, 0.25) is 0 Å². The zero-order valence-electron chi connectivity index (χ0n) is 16.4. The molecule has 28 heavy (non-hydrogen) atoms. The number of piperazine rings is 1. The fraction of sp³-hybridized carbons (Fsp3) is 0.476. The smallest absolute Gasteiger partial charge is 0.233 e. The Kier molecular flexibility index (Phi) is 5.44. The highest BCUT2D eigenvalue weighted by Gasteiger charge is 2.35. The molecule has 0 N–H and O–H groups in total. The SMILES string of the molecule is Cc1cccc(-n2ccnc2SCC(=O)N2CCN(C(=O)C3CC3)CC2)c1C. The van der Waals surface area contributed by atoms with Crippen LogP contribution in [0.25, 0.3) is 5.69 Å². The molecule has 1 saturated heterocycles. The van der Waals surface area contributed by atoms with E-state index < -0.39 is 0 Å². The van der Waals surface area contributed by atoms with Crippen LogP contribution >= 0.6 is 11.8 Å². The lowest BCUT2D eigenvalue weighted by molar-refractivity contribution is -0.139. The van der Waals surface area contributed by atoms with E-state index in [1.807, 2.05) is 26.6 Å². The number of hydrogen-bond acceptors (Lipinski definition) is 4. The van der Waals surface area contributed by atoms with E-state index in [0.717, 1.165) is 23.7 Å². The first-order valence-electron chi connectivity index (χ1n) is 9.84. The maximum Gasteiger partial charge on any atom is 0.233 e. The first-order valence-corrected chi connectivity index (χ1v) is 10.8. The fourth-order valence-corrected chi connectivity index (χ4v) is 4.43. The topological polar surface area (TPSA) is 58.4 Å². The molecule has 1 aliphatic carbocycles. The Labute approximate surface area is 169 Å². The molecule has 2 fully saturated rings. The van der Waals surface area contributed by atoms with Gasteiger partial charge >= 0.3 is 0 Å². The Bertz CT molecular complexity index is 882. The summed E-state index contributed by atoms with van der Waals surface area (Å²) < 4.78 is 2.05. The molecule has 2 aliphatic rings. The number of hydrogen-bond donors (Lipinski definition) is 0. The third kappa shape index (κ3) is 3.94. The van der Waals surface area contributed by atoms with Gasteiger partial charge in [-0.3, -0.25) is 14.2 Å². The number of imidazole rings is 1. The van der Waals surface area contributed by atoms with Crippen molar-refractivity contribution in [1.29, 1.82) is 0 Å². The van der Waals surface area contributed by atoms with E-state index in [-0.39, 0.29) is 17.7 Å². The molecule has 148 valence electrons. The summed E-state index contributed by atoms with van der Waals surface area (Å²) in [4.78, 5) is 33.0. The number of nitrogens with zero attached hydrogens (tertiary/aromatic N) is 4. The molecule has 4 rings (SSSR count). The Balaban J connectivity index is 1.34. The predicted molar refractivity (Wildman–Crippen MR) is 110 cm³/mol. The number of thioether (sulfide) groups is 1. The zero-order valence-corrected chi connectivity index (χ0v) is 17.2. The molecule has 0 atom stereocenters. The molecule has 0 unspecified atom stereocenters. The van der Waals surface area contributed by atoms with E-state index in [1.54, 1.807) is 6.20 Å². The molecular formula is C21H26N4O2S. The van der Waals surface area contributed by atoms with Crippen molar-refractivity contribution in [3.63, 3.8) is 0 Å². The highest BCUT2D eigenvalue weighted by atomic mass is 32.2. The highest BCUT2D eigenvalue weighted by molar-refractivity contribution is 7.99. The summed E-state index contributed by atoms with van der Waals surface area (Å²) in [5.41, 5.74) is 3.54.